The van der Waals surface area contributed by atoms with E-state index >= 15 is 0 Å². The van der Waals surface area contributed by atoms with Crippen LogP contribution >= 0.6 is 11.6 Å². The predicted molar refractivity (Wildman–Crippen MR) is 102 cm³/mol. The van der Waals surface area contributed by atoms with Crippen LogP contribution in [0, 0.1) is 6.92 Å². The maximum atomic E-state index is 12.3. The third kappa shape index (κ3) is 4.83. The number of hydrogen-bond donors (Lipinski definition) is 2. The third-order valence-corrected chi connectivity index (χ3v) is 4.38. The van der Waals surface area contributed by atoms with Gasteiger partial charge in [0.1, 0.15) is 0 Å². The Morgan fingerprint density at radius 2 is 1.75 bits per heavy atom. The van der Waals surface area contributed by atoms with Crippen molar-refractivity contribution in [3.63, 3.8) is 0 Å². The van der Waals surface area contributed by atoms with E-state index in [0.717, 1.165) is 22.4 Å². The van der Waals surface area contributed by atoms with Crippen LogP contribution in [0.25, 0.3) is 0 Å². The van der Waals surface area contributed by atoms with Gasteiger partial charge < -0.3 is 10.6 Å². The van der Waals surface area contributed by atoms with E-state index < -0.39 is 0 Å². The van der Waals surface area contributed by atoms with Crippen LogP contribution in [0.4, 0.5) is 5.69 Å². The largest absolute Gasteiger partial charge is 0.324 e. The summed E-state index contributed by atoms with van der Waals surface area (Å²) in [5, 5.41) is 7.02. The minimum atomic E-state index is -0.0352. The highest BCUT2D eigenvalue weighted by Crippen LogP contribution is 2.27. The van der Waals surface area contributed by atoms with Crippen LogP contribution in [0.5, 0.6) is 0 Å². The van der Waals surface area contributed by atoms with Crippen molar-refractivity contribution < 1.29 is 4.79 Å². The van der Waals surface area contributed by atoms with E-state index in [9.17, 15) is 4.79 Å². The first-order chi connectivity index (χ1) is 11.4. The molecule has 0 aliphatic rings. The van der Waals surface area contributed by atoms with Crippen molar-refractivity contribution in [2.24, 2.45) is 0 Å². The van der Waals surface area contributed by atoms with E-state index in [4.69, 9.17) is 11.6 Å². The molecule has 0 unspecified atom stereocenters. The van der Waals surface area contributed by atoms with Crippen molar-refractivity contribution in [1.82, 2.24) is 5.32 Å². The molecule has 0 aromatic heterocycles. The lowest BCUT2D eigenvalue weighted by Gasteiger charge is -2.18. The molecule has 3 nitrogen and oxygen atoms in total. The number of anilines is 1. The van der Waals surface area contributed by atoms with Gasteiger partial charge >= 0.3 is 0 Å². The summed E-state index contributed by atoms with van der Waals surface area (Å²) in [6.07, 6.45) is 0. The van der Waals surface area contributed by atoms with Gasteiger partial charge in [-0.1, -0.05) is 55.8 Å². The number of amides is 1. The van der Waals surface area contributed by atoms with Crippen LogP contribution in [0.2, 0.25) is 5.02 Å². The highest BCUT2D eigenvalue weighted by atomic mass is 35.5. The molecule has 128 valence electrons. The molecule has 0 saturated heterocycles. The van der Waals surface area contributed by atoms with Gasteiger partial charge in [-0.2, -0.15) is 0 Å². The highest BCUT2D eigenvalue weighted by Gasteiger charge is 2.13. The van der Waals surface area contributed by atoms with Gasteiger partial charge in [0, 0.05) is 16.8 Å². The zero-order valence-corrected chi connectivity index (χ0v) is 15.4. The Kier molecular flexibility index (Phi) is 6.41. The summed E-state index contributed by atoms with van der Waals surface area (Å²) in [4.78, 5) is 12.3. The van der Waals surface area contributed by atoms with Gasteiger partial charge in [-0.05, 0) is 48.6 Å². The molecule has 0 radical (unpaired) electrons. The number of carbonyl (C=O) groups excluding carboxylic acids is 1. The second-order valence-corrected chi connectivity index (χ2v) is 6.83. The Hall–Kier alpha value is -1.84. The van der Waals surface area contributed by atoms with Crippen molar-refractivity contribution in [1.29, 1.82) is 0 Å². The Morgan fingerprint density at radius 3 is 2.38 bits per heavy atom. The molecular weight excluding hydrogens is 320 g/mol. The topological polar surface area (TPSA) is 41.1 Å². The first kappa shape index (κ1) is 18.5. The van der Waals surface area contributed by atoms with Crippen LogP contribution in [0.3, 0.4) is 0 Å². The van der Waals surface area contributed by atoms with Crippen molar-refractivity contribution in [2.75, 3.05) is 11.9 Å². The zero-order chi connectivity index (χ0) is 17.7. The van der Waals surface area contributed by atoms with E-state index in [1.807, 2.05) is 50.2 Å². The number of rotatable bonds is 6. The number of aryl methyl sites for hydroxylation is 1. The summed E-state index contributed by atoms with van der Waals surface area (Å²) in [6, 6.07) is 13.8. The molecule has 0 fully saturated rings. The van der Waals surface area contributed by atoms with Crippen LogP contribution in [0.15, 0.2) is 42.5 Å². The lowest BCUT2D eigenvalue weighted by Crippen LogP contribution is -2.30. The number of halogens is 1. The molecule has 24 heavy (non-hydrogen) atoms. The summed E-state index contributed by atoms with van der Waals surface area (Å²) in [7, 11) is 0. The first-order valence-corrected chi connectivity index (χ1v) is 8.64. The number of benzene rings is 2. The Labute approximate surface area is 149 Å². The lowest BCUT2D eigenvalue weighted by atomic mass is 9.98. The molecule has 1 atom stereocenters. The van der Waals surface area contributed by atoms with Crippen LogP contribution < -0.4 is 10.6 Å². The molecule has 2 N–H and O–H groups in total. The minimum Gasteiger partial charge on any atom is -0.324 e. The molecule has 2 rings (SSSR count). The summed E-state index contributed by atoms with van der Waals surface area (Å²) >= 11 is 5.90. The quantitative estimate of drug-likeness (QED) is 0.768. The second-order valence-electron chi connectivity index (χ2n) is 6.40. The molecule has 0 aliphatic carbocycles. The molecule has 2 aromatic rings. The fraction of sp³-hybridized carbons (Fsp3) is 0.350. The Morgan fingerprint density at radius 1 is 1.08 bits per heavy atom. The van der Waals surface area contributed by atoms with Gasteiger partial charge in [0.15, 0.2) is 0 Å². The van der Waals surface area contributed by atoms with Crippen molar-refractivity contribution in [3.8, 4) is 0 Å². The summed E-state index contributed by atoms with van der Waals surface area (Å²) in [5.41, 5.74) is 4.28. The third-order valence-electron chi connectivity index (χ3n) is 4.13. The van der Waals surface area contributed by atoms with Gasteiger partial charge in [-0.3, -0.25) is 4.79 Å². The number of para-hydroxylation sites is 1. The van der Waals surface area contributed by atoms with Crippen molar-refractivity contribution in [2.45, 2.75) is 39.7 Å². The van der Waals surface area contributed by atoms with Crippen molar-refractivity contribution in [3.05, 3.63) is 64.2 Å². The van der Waals surface area contributed by atoms with E-state index in [-0.39, 0.29) is 18.5 Å². The number of hydrogen-bond acceptors (Lipinski definition) is 2. The number of nitrogens with one attached hydrogen (secondary N) is 2. The molecule has 0 heterocycles. The van der Waals surface area contributed by atoms with E-state index in [1.165, 1.54) is 0 Å². The van der Waals surface area contributed by atoms with E-state index in [2.05, 4.69) is 30.5 Å². The fourth-order valence-corrected chi connectivity index (χ4v) is 2.77. The SMILES string of the molecule is Cc1cccc(C(C)C)c1NC(=O)CN[C@H](C)c1ccc(Cl)cc1. The van der Waals surface area contributed by atoms with Gasteiger partial charge in [0.05, 0.1) is 6.54 Å². The second kappa shape index (κ2) is 8.32. The molecule has 0 saturated carbocycles. The molecule has 1 amide bonds. The summed E-state index contributed by atoms with van der Waals surface area (Å²) < 4.78 is 0. The molecule has 0 spiro atoms. The first-order valence-electron chi connectivity index (χ1n) is 8.26. The molecular formula is C20H25ClN2O. The van der Waals surface area contributed by atoms with Gasteiger partial charge in [-0.15, -0.1) is 0 Å². The lowest BCUT2D eigenvalue weighted by molar-refractivity contribution is -0.115. The van der Waals surface area contributed by atoms with Gasteiger partial charge in [0.2, 0.25) is 5.91 Å². The summed E-state index contributed by atoms with van der Waals surface area (Å²) in [6.45, 7) is 8.57. The summed E-state index contributed by atoms with van der Waals surface area (Å²) in [5.74, 6) is 0.327. The monoisotopic (exact) mass is 344 g/mol. The molecule has 4 heteroatoms. The van der Waals surface area contributed by atoms with Crippen LogP contribution in [-0.4, -0.2) is 12.5 Å². The van der Waals surface area contributed by atoms with Crippen LogP contribution in [-0.2, 0) is 4.79 Å². The average Bonchev–Trinajstić information content (AvgIpc) is 2.55. The van der Waals surface area contributed by atoms with Gasteiger partial charge in [-0.25, -0.2) is 0 Å². The smallest absolute Gasteiger partial charge is 0.238 e. The maximum Gasteiger partial charge on any atom is 0.238 e. The maximum absolute atomic E-state index is 12.3. The highest BCUT2D eigenvalue weighted by molar-refractivity contribution is 6.30. The molecule has 2 aromatic carbocycles. The fourth-order valence-electron chi connectivity index (χ4n) is 2.64. The standard InChI is InChI=1S/C20H25ClN2O/c1-13(2)18-7-5-6-14(3)20(18)23-19(24)12-22-15(4)16-8-10-17(21)11-9-16/h5-11,13,15,22H,12H2,1-4H3,(H,23,24)/t15-/m1/s1. The predicted octanol–water partition coefficient (Wildman–Crippen LogP) is 5.06. The van der Waals surface area contributed by atoms with Crippen molar-refractivity contribution >= 4 is 23.2 Å². The Balaban J connectivity index is 1.98. The average molecular weight is 345 g/mol. The molecule has 0 aliphatic heterocycles. The van der Waals surface area contributed by atoms with Gasteiger partial charge in [0.25, 0.3) is 0 Å². The zero-order valence-electron chi connectivity index (χ0n) is 14.7. The molecule has 0 bridgehead atoms. The number of carbonyl (C=O) groups is 1. The Bertz CT molecular complexity index is 695. The van der Waals surface area contributed by atoms with Crippen LogP contribution in [0.1, 0.15) is 49.4 Å². The minimum absolute atomic E-state index is 0.0352. The normalized spacial score (nSPS) is 12.2. The van der Waals surface area contributed by atoms with E-state index in [1.54, 1.807) is 0 Å². The van der Waals surface area contributed by atoms with E-state index in [0.29, 0.717) is 10.9 Å².